The number of hydrogen-bond acceptors (Lipinski definition) is 3. The Bertz CT molecular complexity index is 880. The zero-order valence-electron chi connectivity index (χ0n) is 17.1. The maximum atomic E-state index is 12.6. The van der Waals surface area contributed by atoms with Crippen LogP contribution in [0.1, 0.15) is 44.2 Å². The van der Waals surface area contributed by atoms with Crippen LogP contribution in [0, 0.1) is 0 Å². The predicted octanol–water partition coefficient (Wildman–Crippen LogP) is 3.71. The second kappa shape index (κ2) is 9.73. The summed E-state index contributed by atoms with van der Waals surface area (Å²) >= 11 is 0. The van der Waals surface area contributed by atoms with Gasteiger partial charge in [-0.2, -0.15) is 0 Å². The number of sulfonamides is 1. The first kappa shape index (κ1) is 22.0. The molecule has 0 saturated heterocycles. The second-order valence-electron chi connectivity index (χ2n) is 7.48. The molecule has 0 saturated carbocycles. The van der Waals surface area contributed by atoms with Gasteiger partial charge < -0.3 is 5.32 Å². The van der Waals surface area contributed by atoms with Gasteiger partial charge in [0, 0.05) is 6.04 Å². The Morgan fingerprint density at radius 3 is 2.21 bits per heavy atom. The Morgan fingerprint density at radius 1 is 1.00 bits per heavy atom. The summed E-state index contributed by atoms with van der Waals surface area (Å²) in [7, 11) is -3.59. The van der Waals surface area contributed by atoms with Gasteiger partial charge in [-0.25, -0.2) is 8.42 Å². The van der Waals surface area contributed by atoms with E-state index in [0.29, 0.717) is 5.69 Å². The van der Waals surface area contributed by atoms with Gasteiger partial charge in [-0.1, -0.05) is 62.4 Å². The van der Waals surface area contributed by atoms with Gasteiger partial charge in [-0.15, -0.1) is 0 Å². The predicted molar refractivity (Wildman–Crippen MR) is 115 cm³/mol. The molecule has 0 unspecified atom stereocenters. The number of nitrogens with one attached hydrogen (secondary N) is 1. The van der Waals surface area contributed by atoms with Crippen molar-refractivity contribution in [1.29, 1.82) is 0 Å². The largest absolute Gasteiger partial charge is 0.352 e. The summed E-state index contributed by atoms with van der Waals surface area (Å²) in [4.78, 5) is 12.6. The molecular formula is C22H30N2O3S. The van der Waals surface area contributed by atoms with E-state index in [9.17, 15) is 13.2 Å². The molecule has 28 heavy (non-hydrogen) atoms. The van der Waals surface area contributed by atoms with Crippen LogP contribution in [0.2, 0.25) is 0 Å². The third-order valence-electron chi connectivity index (χ3n) is 4.63. The summed E-state index contributed by atoms with van der Waals surface area (Å²) in [5.74, 6) is -0.155. The third kappa shape index (κ3) is 6.37. The first-order valence-electron chi connectivity index (χ1n) is 9.58. The Morgan fingerprint density at radius 2 is 1.61 bits per heavy atom. The van der Waals surface area contributed by atoms with Gasteiger partial charge >= 0.3 is 0 Å². The van der Waals surface area contributed by atoms with Crippen molar-refractivity contribution in [2.24, 2.45) is 0 Å². The van der Waals surface area contributed by atoms with Crippen molar-refractivity contribution >= 4 is 21.6 Å². The lowest BCUT2D eigenvalue weighted by atomic mass is 10.0. The van der Waals surface area contributed by atoms with E-state index < -0.39 is 10.0 Å². The molecule has 2 aromatic carbocycles. The normalized spacial score (nSPS) is 12.6. The molecule has 0 aliphatic rings. The van der Waals surface area contributed by atoms with Gasteiger partial charge in [0.25, 0.3) is 0 Å². The highest BCUT2D eigenvalue weighted by Crippen LogP contribution is 2.28. The van der Waals surface area contributed by atoms with Gasteiger partial charge in [0.15, 0.2) is 0 Å². The van der Waals surface area contributed by atoms with Crippen LogP contribution < -0.4 is 9.62 Å². The van der Waals surface area contributed by atoms with Gasteiger partial charge in [-0.05, 0) is 42.9 Å². The molecule has 1 N–H and O–H groups in total. The SMILES string of the molecule is CC(C)c1ccccc1N(CC(=O)N[C@@H](C)CCc1ccccc1)S(C)(=O)=O. The Labute approximate surface area is 168 Å². The highest BCUT2D eigenvalue weighted by molar-refractivity contribution is 7.92. The molecule has 152 valence electrons. The maximum Gasteiger partial charge on any atom is 0.240 e. The summed E-state index contributed by atoms with van der Waals surface area (Å²) in [6.45, 7) is 5.72. The second-order valence-corrected chi connectivity index (χ2v) is 9.38. The van der Waals surface area contributed by atoms with E-state index in [0.717, 1.165) is 24.7 Å². The Balaban J connectivity index is 2.06. The van der Waals surface area contributed by atoms with Crippen LogP contribution in [0.15, 0.2) is 54.6 Å². The first-order chi connectivity index (χ1) is 13.2. The van der Waals surface area contributed by atoms with E-state index in [1.807, 2.05) is 51.1 Å². The summed E-state index contributed by atoms with van der Waals surface area (Å²) in [5.41, 5.74) is 2.68. The molecule has 0 aliphatic carbocycles. The monoisotopic (exact) mass is 402 g/mol. The third-order valence-corrected chi connectivity index (χ3v) is 5.76. The summed E-state index contributed by atoms with van der Waals surface area (Å²) in [5, 5.41) is 2.93. The molecule has 0 bridgehead atoms. The van der Waals surface area contributed by atoms with Crippen molar-refractivity contribution in [3.63, 3.8) is 0 Å². The van der Waals surface area contributed by atoms with Gasteiger partial charge in [0.2, 0.25) is 15.9 Å². The molecule has 0 aromatic heterocycles. The molecule has 0 radical (unpaired) electrons. The molecule has 6 heteroatoms. The van der Waals surface area contributed by atoms with Crippen molar-refractivity contribution in [2.75, 3.05) is 17.1 Å². The Kier molecular flexibility index (Phi) is 7.63. The van der Waals surface area contributed by atoms with Crippen molar-refractivity contribution in [3.05, 3.63) is 65.7 Å². The van der Waals surface area contributed by atoms with Crippen LogP contribution >= 0.6 is 0 Å². The lowest BCUT2D eigenvalue weighted by molar-refractivity contribution is -0.120. The number of carbonyl (C=O) groups excluding carboxylic acids is 1. The van der Waals surface area contributed by atoms with Crippen LogP contribution in [0.25, 0.3) is 0 Å². The molecule has 5 nitrogen and oxygen atoms in total. The zero-order valence-corrected chi connectivity index (χ0v) is 17.9. The number of para-hydroxylation sites is 1. The minimum absolute atomic E-state index is 0.0468. The Hall–Kier alpha value is -2.34. The standard InChI is InChI=1S/C22H30N2O3S/c1-17(2)20-12-8-9-13-21(20)24(28(4,26)27)16-22(25)23-18(3)14-15-19-10-6-5-7-11-19/h5-13,17-18H,14-16H2,1-4H3,(H,23,25)/t18-/m0/s1. The van der Waals surface area contributed by atoms with E-state index in [-0.39, 0.29) is 24.4 Å². The number of hydrogen-bond donors (Lipinski definition) is 1. The van der Waals surface area contributed by atoms with Crippen LogP contribution in [0.3, 0.4) is 0 Å². The fourth-order valence-electron chi connectivity index (χ4n) is 3.13. The molecule has 0 heterocycles. The number of amides is 1. The molecule has 0 spiro atoms. The van der Waals surface area contributed by atoms with Gasteiger partial charge in [0.05, 0.1) is 11.9 Å². The van der Waals surface area contributed by atoms with Crippen LogP contribution in [-0.2, 0) is 21.2 Å². The quantitative estimate of drug-likeness (QED) is 0.695. The van der Waals surface area contributed by atoms with Crippen molar-refractivity contribution in [2.45, 2.75) is 45.6 Å². The molecule has 0 fully saturated rings. The highest BCUT2D eigenvalue weighted by atomic mass is 32.2. The molecule has 1 amide bonds. The lowest BCUT2D eigenvalue weighted by Gasteiger charge is -2.26. The van der Waals surface area contributed by atoms with Crippen molar-refractivity contribution in [1.82, 2.24) is 5.32 Å². The summed E-state index contributed by atoms with van der Waals surface area (Å²) in [6, 6.07) is 17.4. The minimum Gasteiger partial charge on any atom is -0.352 e. The van der Waals surface area contributed by atoms with E-state index in [1.54, 1.807) is 12.1 Å². The number of rotatable bonds is 9. The average Bonchev–Trinajstić information content (AvgIpc) is 2.64. The summed E-state index contributed by atoms with van der Waals surface area (Å²) < 4.78 is 26.0. The number of nitrogens with zero attached hydrogens (tertiary/aromatic N) is 1. The highest BCUT2D eigenvalue weighted by Gasteiger charge is 2.24. The fourth-order valence-corrected chi connectivity index (χ4v) is 4.01. The van der Waals surface area contributed by atoms with E-state index in [4.69, 9.17) is 0 Å². The van der Waals surface area contributed by atoms with Gasteiger partial charge in [0.1, 0.15) is 6.54 Å². The first-order valence-corrected chi connectivity index (χ1v) is 11.4. The molecule has 1 atom stereocenters. The van der Waals surface area contributed by atoms with E-state index in [1.165, 1.54) is 9.87 Å². The molecule has 2 rings (SSSR count). The van der Waals surface area contributed by atoms with E-state index in [2.05, 4.69) is 17.4 Å². The van der Waals surface area contributed by atoms with Crippen LogP contribution in [-0.4, -0.2) is 33.2 Å². The molecule has 0 aliphatic heterocycles. The van der Waals surface area contributed by atoms with Crippen molar-refractivity contribution in [3.8, 4) is 0 Å². The topological polar surface area (TPSA) is 66.5 Å². The molecule has 2 aromatic rings. The maximum absolute atomic E-state index is 12.6. The molecular weight excluding hydrogens is 372 g/mol. The number of aryl methyl sites for hydroxylation is 1. The van der Waals surface area contributed by atoms with Gasteiger partial charge in [-0.3, -0.25) is 9.10 Å². The van der Waals surface area contributed by atoms with E-state index >= 15 is 0 Å². The van der Waals surface area contributed by atoms with Crippen molar-refractivity contribution < 1.29 is 13.2 Å². The zero-order chi connectivity index (χ0) is 20.7. The fraction of sp³-hybridized carbons (Fsp3) is 0.409. The average molecular weight is 403 g/mol. The summed E-state index contributed by atoms with van der Waals surface area (Å²) in [6.07, 6.45) is 2.78. The lowest BCUT2D eigenvalue weighted by Crippen LogP contribution is -2.43. The number of anilines is 1. The number of carbonyl (C=O) groups is 1. The van der Waals surface area contributed by atoms with Crippen LogP contribution in [0.4, 0.5) is 5.69 Å². The smallest absolute Gasteiger partial charge is 0.240 e. The minimum atomic E-state index is -3.59. The number of benzene rings is 2. The van der Waals surface area contributed by atoms with Crippen LogP contribution in [0.5, 0.6) is 0 Å².